The van der Waals surface area contributed by atoms with Gasteiger partial charge in [-0.25, -0.2) is 16.2 Å². The van der Waals surface area contributed by atoms with E-state index in [1.807, 2.05) is 0 Å². The maximum absolute atomic E-state index is 11.6. The van der Waals surface area contributed by atoms with Crippen LogP contribution in [0.3, 0.4) is 0 Å². The summed E-state index contributed by atoms with van der Waals surface area (Å²) in [5.74, 6) is -1.77. The van der Waals surface area contributed by atoms with E-state index in [0.29, 0.717) is 0 Å². The molecular weight excluding hydrogens is 210 g/mol. The number of hydrogen-bond acceptors (Lipinski definition) is 4. The molecule has 0 aromatic carbocycles. The first-order chi connectivity index (χ1) is 7.58. The summed E-state index contributed by atoms with van der Waals surface area (Å²) in [6.07, 6.45) is 1.21. The Kier molecular flexibility index (Phi) is 5.86. The van der Waals surface area contributed by atoms with Crippen molar-refractivity contribution in [2.24, 2.45) is 0 Å². The third-order valence-corrected chi connectivity index (χ3v) is 1.86. The number of rotatable bonds is 6. The highest BCUT2D eigenvalue weighted by Gasteiger charge is 2.55. The smallest absolute Gasteiger partial charge is 0.423 e. The van der Waals surface area contributed by atoms with E-state index in [-0.39, 0.29) is 19.6 Å². The molecule has 0 N–H and O–H groups in total. The lowest BCUT2D eigenvalue weighted by molar-refractivity contribution is -0.161. The zero-order chi connectivity index (χ0) is 12.6. The van der Waals surface area contributed by atoms with Gasteiger partial charge in [-0.05, 0) is 13.8 Å². The molecule has 0 aromatic heterocycles. The highest BCUT2D eigenvalue weighted by Crippen LogP contribution is 2.21. The first kappa shape index (κ1) is 14.2. The molecule has 5 heteroatoms. The summed E-state index contributed by atoms with van der Waals surface area (Å²) in [6.45, 7) is 13.8. The van der Waals surface area contributed by atoms with Crippen molar-refractivity contribution in [2.45, 2.75) is 25.8 Å². The van der Waals surface area contributed by atoms with Crippen molar-refractivity contribution >= 4 is 11.9 Å². The molecule has 0 fully saturated rings. The quantitative estimate of drug-likeness (QED) is 0.296. The van der Waals surface area contributed by atoms with E-state index >= 15 is 0 Å². The predicted octanol–water partition coefficient (Wildman–Crippen LogP) is 1.35. The number of hydrogen-bond donors (Lipinski definition) is 0. The van der Waals surface area contributed by atoms with Crippen LogP contribution in [0.15, 0.2) is 12.7 Å². The summed E-state index contributed by atoms with van der Waals surface area (Å²) in [7, 11) is 0. The molecule has 16 heavy (non-hydrogen) atoms. The Morgan fingerprint density at radius 3 is 2.00 bits per heavy atom. The lowest BCUT2D eigenvalue weighted by Gasteiger charge is -2.16. The molecule has 0 saturated heterocycles. The van der Waals surface area contributed by atoms with Crippen LogP contribution in [-0.2, 0) is 19.1 Å². The average molecular weight is 225 g/mol. The van der Waals surface area contributed by atoms with Crippen molar-refractivity contribution in [2.75, 3.05) is 13.2 Å². The summed E-state index contributed by atoms with van der Waals surface area (Å²) < 4.78 is 9.43. The molecule has 0 atom stereocenters. The summed E-state index contributed by atoms with van der Waals surface area (Å²) in [5.41, 5.74) is -1.94. The Morgan fingerprint density at radius 1 is 1.31 bits per heavy atom. The predicted molar refractivity (Wildman–Crippen MR) is 57.4 cm³/mol. The zero-order valence-corrected chi connectivity index (χ0v) is 9.49. The molecule has 0 radical (unpaired) electrons. The number of nitrogens with zero attached hydrogens (tertiary/aromatic N) is 1. The van der Waals surface area contributed by atoms with Crippen LogP contribution in [0.2, 0.25) is 0 Å². The SMILES string of the molecule is [C-]#[N+]C(CC=C)(C(=O)OCC)C(=O)OCC. The van der Waals surface area contributed by atoms with Gasteiger partial charge in [0.15, 0.2) is 0 Å². The molecule has 0 aliphatic rings. The van der Waals surface area contributed by atoms with Crippen molar-refractivity contribution in [3.8, 4) is 0 Å². The molecule has 0 aromatic rings. The van der Waals surface area contributed by atoms with Crippen molar-refractivity contribution in [1.82, 2.24) is 0 Å². The fourth-order valence-corrected chi connectivity index (χ4v) is 1.10. The minimum Gasteiger partial charge on any atom is -0.460 e. The molecule has 0 aliphatic heterocycles. The maximum atomic E-state index is 11.6. The standard InChI is InChI=1S/C11H15NO4/c1-5-8-11(12-4,9(13)15-6-2)10(14)16-7-3/h5H,1,6-8H2,2-3H3. The number of carbonyl (C=O) groups is 2. The monoisotopic (exact) mass is 225 g/mol. The topological polar surface area (TPSA) is 57.0 Å². The molecule has 0 saturated carbocycles. The fourth-order valence-electron chi connectivity index (χ4n) is 1.10. The van der Waals surface area contributed by atoms with E-state index in [0.717, 1.165) is 0 Å². The zero-order valence-electron chi connectivity index (χ0n) is 9.49. The second kappa shape index (κ2) is 6.62. The maximum Gasteiger partial charge on any atom is 0.423 e. The number of carbonyl (C=O) groups excluding carboxylic acids is 2. The molecule has 0 unspecified atom stereocenters. The van der Waals surface area contributed by atoms with Crippen LogP contribution in [0.4, 0.5) is 0 Å². The Labute approximate surface area is 94.9 Å². The van der Waals surface area contributed by atoms with Gasteiger partial charge in [0.1, 0.15) is 0 Å². The van der Waals surface area contributed by atoms with Crippen molar-refractivity contribution in [3.05, 3.63) is 24.1 Å². The van der Waals surface area contributed by atoms with E-state index in [9.17, 15) is 9.59 Å². The summed E-state index contributed by atoms with van der Waals surface area (Å²) >= 11 is 0. The van der Waals surface area contributed by atoms with Crippen LogP contribution in [0.1, 0.15) is 20.3 Å². The Balaban J connectivity index is 5.15. The first-order valence-corrected chi connectivity index (χ1v) is 4.93. The molecule has 88 valence electrons. The average Bonchev–Trinajstić information content (AvgIpc) is 2.26. The number of ether oxygens (including phenoxy) is 2. The Hall–Kier alpha value is -1.83. The van der Waals surface area contributed by atoms with Gasteiger partial charge in [0, 0.05) is 0 Å². The largest absolute Gasteiger partial charge is 0.460 e. The van der Waals surface area contributed by atoms with Gasteiger partial charge in [-0.3, -0.25) is 4.85 Å². The second-order valence-corrected chi connectivity index (χ2v) is 2.91. The molecule has 0 spiro atoms. The summed E-state index contributed by atoms with van der Waals surface area (Å²) in [6, 6.07) is 0. The van der Waals surface area contributed by atoms with Crippen LogP contribution >= 0.6 is 0 Å². The van der Waals surface area contributed by atoms with Crippen LogP contribution in [0.25, 0.3) is 4.85 Å². The first-order valence-electron chi connectivity index (χ1n) is 4.93. The molecule has 0 bridgehead atoms. The lowest BCUT2D eigenvalue weighted by atomic mass is 9.96. The van der Waals surface area contributed by atoms with Crippen molar-refractivity contribution in [1.29, 1.82) is 0 Å². The summed E-state index contributed by atoms with van der Waals surface area (Å²) in [5, 5.41) is 0. The molecule has 0 aliphatic carbocycles. The van der Waals surface area contributed by atoms with Gasteiger partial charge in [0.25, 0.3) is 0 Å². The normalized spacial score (nSPS) is 10.1. The molecule has 0 heterocycles. The lowest BCUT2D eigenvalue weighted by Crippen LogP contribution is -2.45. The van der Waals surface area contributed by atoms with Crippen LogP contribution in [0, 0.1) is 6.57 Å². The van der Waals surface area contributed by atoms with Gasteiger partial charge in [-0.2, -0.15) is 0 Å². The van der Waals surface area contributed by atoms with E-state index < -0.39 is 17.5 Å². The van der Waals surface area contributed by atoms with Gasteiger partial charge in [0.2, 0.25) is 0 Å². The minimum absolute atomic E-state index is 0.104. The Morgan fingerprint density at radius 2 is 1.75 bits per heavy atom. The molecule has 0 rings (SSSR count). The highest BCUT2D eigenvalue weighted by molar-refractivity contribution is 6.07. The van der Waals surface area contributed by atoms with Gasteiger partial charge >= 0.3 is 17.5 Å². The van der Waals surface area contributed by atoms with Gasteiger partial charge in [0.05, 0.1) is 19.6 Å². The molecule has 0 amide bonds. The van der Waals surface area contributed by atoms with Crippen molar-refractivity contribution < 1.29 is 19.1 Å². The van der Waals surface area contributed by atoms with Crippen LogP contribution in [-0.4, -0.2) is 30.7 Å². The van der Waals surface area contributed by atoms with Gasteiger partial charge < -0.3 is 9.47 Å². The molecular formula is C11H15NO4. The van der Waals surface area contributed by atoms with Crippen LogP contribution in [0.5, 0.6) is 0 Å². The van der Waals surface area contributed by atoms with E-state index in [4.69, 9.17) is 16.0 Å². The summed E-state index contributed by atoms with van der Waals surface area (Å²) in [4.78, 5) is 26.3. The fraction of sp³-hybridized carbons (Fsp3) is 0.545. The highest BCUT2D eigenvalue weighted by atomic mass is 16.6. The third kappa shape index (κ3) is 2.83. The van der Waals surface area contributed by atoms with Gasteiger partial charge in [-0.1, -0.05) is 6.08 Å². The van der Waals surface area contributed by atoms with Gasteiger partial charge in [-0.15, -0.1) is 6.58 Å². The van der Waals surface area contributed by atoms with E-state index in [1.54, 1.807) is 13.8 Å². The molecule has 5 nitrogen and oxygen atoms in total. The van der Waals surface area contributed by atoms with E-state index in [1.165, 1.54) is 6.08 Å². The minimum atomic E-state index is -1.94. The van der Waals surface area contributed by atoms with Crippen molar-refractivity contribution in [3.63, 3.8) is 0 Å². The van der Waals surface area contributed by atoms with E-state index in [2.05, 4.69) is 11.4 Å². The van der Waals surface area contributed by atoms with Crippen LogP contribution < -0.4 is 0 Å². The third-order valence-electron chi connectivity index (χ3n) is 1.86. The number of esters is 2. The Bertz CT molecular complexity index is 298. The second-order valence-electron chi connectivity index (χ2n) is 2.91.